The van der Waals surface area contributed by atoms with Gasteiger partial charge in [-0.3, -0.25) is 9.59 Å². The van der Waals surface area contributed by atoms with Crippen LogP contribution in [0.4, 0.5) is 0 Å². The highest BCUT2D eigenvalue weighted by atomic mass is 16.5. The van der Waals surface area contributed by atoms with Gasteiger partial charge in [-0.2, -0.15) is 0 Å². The Kier molecular flexibility index (Phi) is 5.25. The molecule has 5 nitrogen and oxygen atoms in total. The number of esters is 1. The molecular formula is C11H19NO4. The smallest absolute Gasteiger partial charge is 0.310 e. The van der Waals surface area contributed by atoms with Gasteiger partial charge in [-0.05, 0) is 19.8 Å². The Morgan fingerprint density at radius 1 is 1.44 bits per heavy atom. The fourth-order valence-electron chi connectivity index (χ4n) is 1.87. The molecule has 92 valence electrons. The Labute approximate surface area is 95.7 Å². The van der Waals surface area contributed by atoms with Gasteiger partial charge < -0.3 is 14.4 Å². The van der Waals surface area contributed by atoms with Gasteiger partial charge in [0.25, 0.3) is 0 Å². The molecule has 0 aromatic carbocycles. The van der Waals surface area contributed by atoms with Crippen LogP contribution in [0.5, 0.6) is 0 Å². The normalized spacial score (nSPS) is 20.6. The predicted octanol–water partition coefficient (Wildman–Crippen LogP) is 0.434. The Balaban J connectivity index is 2.46. The third kappa shape index (κ3) is 3.48. The summed E-state index contributed by atoms with van der Waals surface area (Å²) in [5, 5.41) is 0. The SMILES string of the molecule is CCOC(=O)[C@@H]1CCCN(C(=O)COC)C1. The largest absolute Gasteiger partial charge is 0.466 e. The molecule has 0 aromatic heterocycles. The van der Waals surface area contributed by atoms with E-state index in [1.807, 2.05) is 0 Å². The van der Waals surface area contributed by atoms with E-state index in [4.69, 9.17) is 9.47 Å². The number of likely N-dealkylation sites (tertiary alicyclic amines) is 1. The van der Waals surface area contributed by atoms with Crippen molar-refractivity contribution in [2.45, 2.75) is 19.8 Å². The molecule has 0 unspecified atom stereocenters. The molecule has 16 heavy (non-hydrogen) atoms. The van der Waals surface area contributed by atoms with Gasteiger partial charge in [0.05, 0.1) is 12.5 Å². The first-order valence-electron chi connectivity index (χ1n) is 5.62. The molecule has 0 aromatic rings. The zero-order chi connectivity index (χ0) is 12.0. The molecule has 1 heterocycles. The van der Waals surface area contributed by atoms with Gasteiger partial charge in [-0.25, -0.2) is 0 Å². The van der Waals surface area contributed by atoms with E-state index in [1.54, 1.807) is 11.8 Å². The lowest BCUT2D eigenvalue weighted by Crippen LogP contribution is -2.44. The molecule has 5 heteroatoms. The van der Waals surface area contributed by atoms with Gasteiger partial charge in [0, 0.05) is 20.2 Å². The van der Waals surface area contributed by atoms with Crippen LogP contribution in [0.1, 0.15) is 19.8 Å². The van der Waals surface area contributed by atoms with Gasteiger partial charge >= 0.3 is 5.97 Å². The lowest BCUT2D eigenvalue weighted by Gasteiger charge is -2.31. The maximum atomic E-state index is 11.6. The van der Waals surface area contributed by atoms with Crippen LogP contribution in [0.2, 0.25) is 0 Å². The zero-order valence-electron chi connectivity index (χ0n) is 9.90. The van der Waals surface area contributed by atoms with E-state index in [0.717, 1.165) is 12.8 Å². The van der Waals surface area contributed by atoms with Crippen LogP contribution in [-0.4, -0.2) is 50.2 Å². The summed E-state index contributed by atoms with van der Waals surface area (Å²) in [4.78, 5) is 24.8. The van der Waals surface area contributed by atoms with Crippen LogP contribution in [0.15, 0.2) is 0 Å². The first-order chi connectivity index (χ1) is 7.69. The molecule has 0 aliphatic carbocycles. The molecule has 0 spiro atoms. The van der Waals surface area contributed by atoms with Crippen LogP contribution in [0, 0.1) is 5.92 Å². The molecule has 1 amide bonds. The minimum atomic E-state index is -0.197. The number of hydrogen-bond donors (Lipinski definition) is 0. The number of rotatable bonds is 4. The summed E-state index contributed by atoms with van der Waals surface area (Å²) in [6.45, 7) is 3.42. The van der Waals surface area contributed by atoms with Gasteiger partial charge in [0.15, 0.2) is 0 Å². The highest BCUT2D eigenvalue weighted by molar-refractivity contribution is 5.79. The highest BCUT2D eigenvalue weighted by Crippen LogP contribution is 2.17. The van der Waals surface area contributed by atoms with Crippen LogP contribution < -0.4 is 0 Å². The fraction of sp³-hybridized carbons (Fsp3) is 0.818. The summed E-state index contributed by atoms with van der Waals surface area (Å²) in [6, 6.07) is 0. The number of ether oxygens (including phenoxy) is 2. The molecule has 0 saturated carbocycles. The summed E-state index contributed by atoms with van der Waals surface area (Å²) in [6.07, 6.45) is 1.65. The van der Waals surface area contributed by atoms with Crippen molar-refractivity contribution in [1.29, 1.82) is 0 Å². The van der Waals surface area contributed by atoms with Gasteiger partial charge in [0.2, 0.25) is 5.91 Å². The summed E-state index contributed by atoms with van der Waals surface area (Å²) < 4.78 is 9.75. The van der Waals surface area contributed by atoms with E-state index >= 15 is 0 Å². The number of hydrogen-bond acceptors (Lipinski definition) is 4. The lowest BCUT2D eigenvalue weighted by atomic mass is 9.98. The summed E-state index contributed by atoms with van der Waals surface area (Å²) in [5.74, 6) is -0.427. The Hall–Kier alpha value is -1.10. The molecule has 1 fully saturated rings. The van der Waals surface area contributed by atoms with Crippen LogP contribution in [0.3, 0.4) is 0 Å². The van der Waals surface area contributed by atoms with Gasteiger partial charge in [0.1, 0.15) is 6.61 Å². The van der Waals surface area contributed by atoms with Crippen molar-refractivity contribution in [3.05, 3.63) is 0 Å². The average molecular weight is 229 g/mol. The van der Waals surface area contributed by atoms with Gasteiger partial charge in [-0.1, -0.05) is 0 Å². The number of amides is 1. The monoisotopic (exact) mass is 229 g/mol. The van der Waals surface area contributed by atoms with Crippen molar-refractivity contribution in [3.63, 3.8) is 0 Å². The second-order valence-corrected chi connectivity index (χ2v) is 3.86. The molecule has 0 N–H and O–H groups in total. The number of carbonyl (C=O) groups excluding carboxylic acids is 2. The minimum Gasteiger partial charge on any atom is -0.466 e. The van der Waals surface area contributed by atoms with Crippen LogP contribution >= 0.6 is 0 Å². The molecule has 1 atom stereocenters. The number of piperidine rings is 1. The third-order valence-electron chi connectivity index (χ3n) is 2.66. The molecule has 1 aliphatic heterocycles. The van der Waals surface area contributed by atoms with Crippen molar-refractivity contribution in [2.24, 2.45) is 5.92 Å². The molecule has 1 rings (SSSR count). The summed E-state index contributed by atoms with van der Waals surface area (Å²) >= 11 is 0. The molecular weight excluding hydrogens is 210 g/mol. The Bertz CT molecular complexity index is 230. The quantitative estimate of drug-likeness (QED) is 0.656. The first kappa shape index (κ1) is 13.0. The van der Waals surface area contributed by atoms with Crippen molar-refractivity contribution in [1.82, 2.24) is 4.90 Å². The second kappa shape index (κ2) is 6.48. The number of nitrogens with zero attached hydrogens (tertiary/aromatic N) is 1. The summed E-state index contributed by atoms with van der Waals surface area (Å²) in [5.41, 5.74) is 0. The van der Waals surface area contributed by atoms with Crippen LogP contribution in [0.25, 0.3) is 0 Å². The molecule has 0 bridgehead atoms. The maximum Gasteiger partial charge on any atom is 0.310 e. The lowest BCUT2D eigenvalue weighted by molar-refractivity contribution is -0.151. The van der Waals surface area contributed by atoms with Crippen molar-refractivity contribution in [3.8, 4) is 0 Å². The third-order valence-corrected chi connectivity index (χ3v) is 2.66. The number of carbonyl (C=O) groups is 2. The van der Waals surface area contributed by atoms with Gasteiger partial charge in [-0.15, -0.1) is 0 Å². The van der Waals surface area contributed by atoms with E-state index in [0.29, 0.717) is 19.7 Å². The van der Waals surface area contributed by atoms with Crippen LogP contribution in [-0.2, 0) is 19.1 Å². The summed E-state index contributed by atoms with van der Waals surface area (Å²) in [7, 11) is 1.49. The van der Waals surface area contributed by atoms with Crippen molar-refractivity contribution in [2.75, 3.05) is 33.4 Å². The maximum absolute atomic E-state index is 11.6. The average Bonchev–Trinajstić information content (AvgIpc) is 2.30. The van der Waals surface area contributed by atoms with E-state index in [-0.39, 0.29) is 24.4 Å². The fourth-order valence-corrected chi connectivity index (χ4v) is 1.87. The Morgan fingerprint density at radius 2 is 2.19 bits per heavy atom. The van der Waals surface area contributed by atoms with Crippen molar-refractivity contribution < 1.29 is 19.1 Å². The molecule has 1 aliphatic rings. The first-order valence-corrected chi connectivity index (χ1v) is 5.62. The Morgan fingerprint density at radius 3 is 2.81 bits per heavy atom. The topological polar surface area (TPSA) is 55.8 Å². The van der Waals surface area contributed by atoms with E-state index in [9.17, 15) is 9.59 Å². The second-order valence-electron chi connectivity index (χ2n) is 3.86. The highest BCUT2D eigenvalue weighted by Gasteiger charge is 2.28. The zero-order valence-corrected chi connectivity index (χ0v) is 9.90. The van der Waals surface area contributed by atoms with E-state index < -0.39 is 0 Å². The molecule has 0 radical (unpaired) electrons. The predicted molar refractivity (Wildman–Crippen MR) is 57.8 cm³/mol. The van der Waals surface area contributed by atoms with Crippen molar-refractivity contribution >= 4 is 11.9 Å². The van der Waals surface area contributed by atoms with E-state index in [1.165, 1.54) is 7.11 Å². The number of methoxy groups -OCH3 is 1. The minimum absolute atomic E-state index is 0.0588. The van der Waals surface area contributed by atoms with E-state index in [2.05, 4.69) is 0 Å². The standard InChI is InChI=1S/C11H19NO4/c1-3-16-11(14)9-5-4-6-12(7-9)10(13)8-15-2/h9H,3-8H2,1-2H3/t9-/m1/s1. The molecule has 1 saturated heterocycles.